The number of allylic oxidation sites excluding steroid dienone is 1. The molecular weight excluding hydrogens is 348 g/mol. The van der Waals surface area contributed by atoms with Crippen LogP contribution in [-0.4, -0.2) is 17.3 Å². The minimum Gasteiger partial charge on any atom is -0.496 e. The fourth-order valence-corrected chi connectivity index (χ4v) is 3.15. The summed E-state index contributed by atoms with van der Waals surface area (Å²) < 4.78 is 11.5. The van der Waals surface area contributed by atoms with Crippen LogP contribution in [0.4, 0.5) is 0 Å². The summed E-state index contributed by atoms with van der Waals surface area (Å²) >= 11 is 3.47. The number of nitrogens with one attached hydrogen (secondary N) is 1. The average molecular weight is 361 g/mol. The predicted octanol–water partition coefficient (Wildman–Crippen LogP) is 2.71. The molecule has 6 nitrogen and oxygen atoms in total. The molecule has 0 saturated heterocycles. The van der Waals surface area contributed by atoms with Crippen LogP contribution in [0.3, 0.4) is 0 Å². The molecule has 1 aromatic carbocycles. The Hall–Kier alpha value is -2.46. The highest BCUT2D eigenvalue weighted by molar-refractivity contribution is 9.10. The van der Waals surface area contributed by atoms with Crippen molar-refractivity contribution in [3.63, 3.8) is 0 Å². The van der Waals surface area contributed by atoms with Crippen molar-refractivity contribution in [2.75, 3.05) is 7.11 Å². The lowest BCUT2D eigenvalue weighted by molar-refractivity contribution is 0.378. The normalized spacial score (nSPS) is 16.7. The minimum atomic E-state index is -0.324. The third kappa shape index (κ3) is 2.12. The highest BCUT2D eigenvalue weighted by Gasteiger charge is 2.34. The SMILES string of the molecule is COc1ccc([C@@H]2C(C#N)=C(N)Oc3n[nH]c(C)c32)cc1Br. The number of methoxy groups -OCH3 is 1. The smallest absolute Gasteiger partial charge is 0.244 e. The molecule has 1 atom stereocenters. The average Bonchev–Trinajstić information content (AvgIpc) is 2.86. The maximum atomic E-state index is 9.48. The summed E-state index contributed by atoms with van der Waals surface area (Å²) in [5.41, 5.74) is 8.82. The monoisotopic (exact) mass is 360 g/mol. The number of nitrogens with zero attached hydrogens (tertiary/aromatic N) is 2. The van der Waals surface area contributed by atoms with E-state index in [-0.39, 0.29) is 11.8 Å². The molecule has 22 heavy (non-hydrogen) atoms. The first-order valence-electron chi connectivity index (χ1n) is 6.52. The Labute approximate surface area is 135 Å². The summed E-state index contributed by atoms with van der Waals surface area (Å²) in [6.07, 6.45) is 0. The summed E-state index contributed by atoms with van der Waals surface area (Å²) in [7, 11) is 1.60. The van der Waals surface area contributed by atoms with E-state index >= 15 is 0 Å². The van der Waals surface area contributed by atoms with Gasteiger partial charge in [-0.3, -0.25) is 5.10 Å². The van der Waals surface area contributed by atoms with Crippen LogP contribution in [0.5, 0.6) is 11.6 Å². The molecule has 3 rings (SSSR count). The summed E-state index contributed by atoms with van der Waals surface area (Å²) in [4.78, 5) is 0. The van der Waals surface area contributed by atoms with Gasteiger partial charge in [-0.25, -0.2) is 0 Å². The molecule has 1 aliphatic rings. The molecule has 0 aliphatic carbocycles. The van der Waals surface area contributed by atoms with Crippen molar-refractivity contribution >= 4 is 15.9 Å². The van der Waals surface area contributed by atoms with Crippen LogP contribution >= 0.6 is 15.9 Å². The third-order valence-electron chi connectivity index (χ3n) is 3.64. The van der Waals surface area contributed by atoms with Crippen molar-refractivity contribution in [3.05, 3.63) is 50.9 Å². The van der Waals surface area contributed by atoms with E-state index in [1.165, 1.54) is 0 Å². The molecule has 2 heterocycles. The second-order valence-electron chi connectivity index (χ2n) is 4.89. The fraction of sp³-hybridized carbons (Fsp3) is 0.200. The molecule has 0 unspecified atom stereocenters. The number of H-pyrrole nitrogens is 1. The molecule has 0 saturated carbocycles. The fourth-order valence-electron chi connectivity index (χ4n) is 2.59. The van der Waals surface area contributed by atoms with E-state index in [0.717, 1.165) is 27.0 Å². The van der Waals surface area contributed by atoms with Gasteiger partial charge in [-0.15, -0.1) is 5.10 Å². The van der Waals surface area contributed by atoms with Gasteiger partial charge in [0.25, 0.3) is 0 Å². The largest absolute Gasteiger partial charge is 0.496 e. The summed E-state index contributed by atoms with van der Waals surface area (Å²) in [6.45, 7) is 1.89. The van der Waals surface area contributed by atoms with Crippen LogP contribution in [0.1, 0.15) is 22.7 Å². The second kappa shape index (κ2) is 5.39. The standard InChI is InChI=1S/C15H13BrN4O2/c1-7-12-13(8-3-4-11(21-2)10(16)5-8)9(6-17)14(18)22-15(12)20-19-7/h3-5,13H,18H2,1-2H3,(H,19,20)/t13-/m1/s1. The van der Waals surface area contributed by atoms with E-state index in [4.69, 9.17) is 15.2 Å². The molecule has 0 spiro atoms. The number of nitriles is 1. The molecular formula is C15H13BrN4O2. The molecule has 0 radical (unpaired) electrons. The molecule has 112 valence electrons. The van der Waals surface area contributed by atoms with E-state index in [1.54, 1.807) is 7.11 Å². The lowest BCUT2D eigenvalue weighted by Crippen LogP contribution is -2.21. The first-order valence-corrected chi connectivity index (χ1v) is 7.32. The van der Waals surface area contributed by atoms with Crippen molar-refractivity contribution in [3.8, 4) is 17.7 Å². The zero-order chi connectivity index (χ0) is 15.9. The second-order valence-corrected chi connectivity index (χ2v) is 5.74. The Kier molecular flexibility index (Phi) is 3.54. The Balaban J connectivity index is 2.21. The number of aromatic nitrogens is 2. The molecule has 3 N–H and O–H groups in total. The zero-order valence-corrected chi connectivity index (χ0v) is 13.6. The maximum Gasteiger partial charge on any atom is 0.244 e. The number of nitrogens with two attached hydrogens (primary N) is 1. The Morgan fingerprint density at radius 3 is 2.91 bits per heavy atom. The Morgan fingerprint density at radius 2 is 2.27 bits per heavy atom. The molecule has 0 bridgehead atoms. The van der Waals surface area contributed by atoms with Crippen molar-refractivity contribution in [1.82, 2.24) is 10.2 Å². The minimum absolute atomic E-state index is 0.0819. The van der Waals surface area contributed by atoms with E-state index < -0.39 is 0 Å². The lowest BCUT2D eigenvalue weighted by atomic mass is 9.84. The van der Waals surface area contributed by atoms with Gasteiger partial charge >= 0.3 is 0 Å². The van der Waals surface area contributed by atoms with E-state index in [0.29, 0.717) is 11.5 Å². The highest BCUT2D eigenvalue weighted by atomic mass is 79.9. The van der Waals surface area contributed by atoms with Crippen LogP contribution in [0.2, 0.25) is 0 Å². The summed E-state index contributed by atoms with van der Waals surface area (Å²) in [6, 6.07) is 7.81. The van der Waals surface area contributed by atoms with Crippen LogP contribution in [-0.2, 0) is 0 Å². The number of hydrogen-bond donors (Lipinski definition) is 2. The first-order chi connectivity index (χ1) is 10.6. The van der Waals surface area contributed by atoms with Crippen LogP contribution in [0.15, 0.2) is 34.1 Å². The number of benzene rings is 1. The quantitative estimate of drug-likeness (QED) is 0.857. The number of ether oxygens (including phenoxy) is 2. The molecule has 1 aromatic heterocycles. The van der Waals surface area contributed by atoms with Gasteiger partial charge in [-0.2, -0.15) is 5.26 Å². The topological polar surface area (TPSA) is 96.9 Å². The summed E-state index contributed by atoms with van der Waals surface area (Å²) in [5.74, 6) is 0.884. The number of aryl methyl sites for hydroxylation is 1. The third-order valence-corrected chi connectivity index (χ3v) is 4.26. The number of rotatable bonds is 2. The molecule has 2 aromatic rings. The molecule has 0 amide bonds. The van der Waals surface area contributed by atoms with Gasteiger partial charge in [0.15, 0.2) is 0 Å². The van der Waals surface area contributed by atoms with E-state index in [1.807, 2.05) is 25.1 Å². The summed E-state index contributed by atoms with van der Waals surface area (Å²) in [5, 5.41) is 16.5. The highest BCUT2D eigenvalue weighted by Crippen LogP contribution is 2.43. The van der Waals surface area contributed by atoms with Crippen LogP contribution in [0.25, 0.3) is 0 Å². The van der Waals surface area contributed by atoms with Crippen LogP contribution < -0.4 is 15.2 Å². The van der Waals surface area contributed by atoms with Gasteiger partial charge in [-0.05, 0) is 40.5 Å². The predicted molar refractivity (Wildman–Crippen MR) is 83.3 cm³/mol. The Morgan fingerprint density at radius 1 is 1.50 bits per heavy atom. The van der Waals surface area contributed by atoms with Crippen molar-refractivity contribution < 1.29 is 9.47 Å². The Bertz CT molecular complexity index is 819. The van der Waals surface area contributed by atoms with Gasteiger partial charge in [0.1, 0.15) is 17.4 Å². The van der Waals surface area contributed by atoms with Gasteiger partial charge in [0.05, 0.1) is 17.5 Å². The van der Waals surface area contributed by atoms with Gasteiger partial charge in [0, 0.05) is 11.3 Å². The number of fused-ring (bicyclic) bond motifs is 1. The molecule has 0 fully saturated rings. The van der Waals surface area contributed by atoms with Crippen molar-refractivity contribution in [2.45, 2.75) is 12.8 Å². The van der Waals surface area contributed by atoms with E-state index in [9.17, 15) is 5.26 Å². The van der Waals surface area contributed by atoms with Gasteiger partial charge in [0.2, 0.25) is 11.8 Å². The molecule has 1 aliphatic heterocycles. The lowest BCUT2D eigenvalue weighted by Gasteiger charge is -2.24. The van der Waals surface area contributed by atoms with Crippen molar-refractivity contribution in [2.24, 2.45) is 5.73 Å². The molecule has 7 heteroatoms. The first kappa shape index (κ1) is 14.5. The number of hydrogen-bond acceptors (Lipinski definition) is 5. The zero-order valence-electron chi connectivity index (χ0n) is 12.0. The maximum absolute atomic E-state index is 9.48. The number of halogens is 1. The van der Waals surface area contributed by atoms with Crippen LogP contribution in [0, 0.1) is 18.3 Å². The van der Waals surface area contributed by atoms with Gasteiger partial charge < -0.3 is 15.2 Å². The number of aromatic amines is 1. The van der Waals surface area contributed by atoms with Crippen molar-refractivity contribution in [1.29, 1.82) is 5.26 Å². The van der Waals surface area contributed by atoms with E-state index in [2.05, 4.69) is 32.2 Å². The van der Waals surface area contributed by atoms with Gasteiger partial charge in [-0.1, -0.05) is 6.07 Å².